The van der Waals surface area contributed by atoms with Crippen molar-refractivity contribution in [3.63, 3.8) is 0 Å². The van der Waals surface area contributed by atoms with Crippen molar-refractivity contribution in [2.75, 3.05) is 0 Å². The summed E-state index contributed by atoms with van der Waals surface area (Å²) in [6.07, 6.45) is 6.05. The lowest BCUT2D eigenvalue weighted by molar-refractivity contribution is 0.555. The van der Waals surface area contributed by atoms with E-state index in [0.717, 1.165) is 16.3 Å². The number of allylic oxidation sites excluding steroid dienone is 1. The highest BCUT2D eigenvalue weighted by atomic mass is 35.5. The van der Waals surface area contributed by atoms with Crippen LogP contribution in [0.2, 0.25) is 5.02 Å². The SMILES string of the molecule is CC1(C)C=C(/C=C\c2ccccc2Cl)NC(=S)N1. The highest BCUT2D eigenvalue weighted by molar-refractivity contribution is 7.80. The molecule has 1 heterocycles. The second-order valence-electron chi connectivity index (χ2n) is 4.76. The normalized spacial score (nSPS) is 18.2. The molecule has 2 N–H and O–H groups in total. The van der Waals surface area contributed by atoms with Crippen molar-refractivity contribution in [2.24, 2.45) is 0 Å². The molecular formula is C14H15ClN2S. The average molecular weight is 279 g/mol. The molecule has 0 radical (unpaired) electrons. The molecule has 0 spiro atoms. The second-order valence-corrected chi connectivity index (χ2v) is 5.57. The van der Waals surface area contributed by atoms with Gasteiger partial charge in [0.2, 0.25) is 0 Å². The van der Waals surface area contributed by atoms with Crippen LogP contribution in [0.15, 0.2) is 42.1 Å². The molecule has 1 aromatic carbocycles. The van der Waals surface area contributed by atoms with Gasteiger partial charge in [-0.2, -0.15) is 0 Å². The molecule has 0 amide bonds. The first-order valence-electron chi connectivity index (χ1n) is 5.71. The highest BCUT2D eigenvalue weighted by Gasteiger charge is 2.20. The zero-order valence-corrected chi connectivity index (χ0v) is 11.9. The fourth-order valence-electron chi connectivity index (χ4n) is 1.80. The van der Waals surface area contributed by atoms with E-state index >= 15 is 0 Å². The Balaban J connectivity index is 2.22. The highest BCUT2D eigenvalue weighted by Crippen LogP contribution is 2.18. The minimum Gasteiger partial charge on any atom is -0.354 e. The third-order valence-corrected chi connectivity index (χ3v) is 3.11. The first-order chi connectivity index (χ1) is 8.46. The van der Waals surface area contributed by atoms with Gasteiger partial charge in [0.15, 0.2) is 5.11 Å². The lowest BCUT2D eigenvalue weighted by Crippen LogP contribution is -2.51. The maximum absolute atomic E-state index is 6.10. The Bertz CT molecular complexity index is 532. The Labute approximate surface area is 118 Å². The van der Waals surface area contributed by atoms with Gasteiger partial charge in [-0.15, -0.1) is 0 Å². The molecule has 0 aromatic heterocycles. The Hall–Kier alpha value is -1.32. The monoisotopic (exact) mass is 278 g/mol. The van der Waals surface area contributed by atoms with Gasteiger partial charge in [0.25, 0.3) is 0 Å². The summed E-state index contributed by atoms with van der Waals surface area (Å²) < 4.78 is 0. The van der Waals surface area contributed by atoms with Gasteiger partial charge in [0, 0.05) is 10.7 Å². The lowest BCUT2D eigenvalue weighted by atomic mass is 10.0. The quantitative estimate of drug-likeness (QED) is 0.810. The standard InChI is InChI=1S/C14H15ClN2S/c1-14(2)9-11(16-13(18)17-14)8-7-10-5-3-4-6-12(10)15/h3-9H,1-2H3,(H2,16,17,18)/b8-7-. The zero-order valence-electron chi connectivity index (χ0n) is 10.3. The van der Waals surface area contributed by atoms with E-state index in [1.807, 2.05) is 36.4 Å². The fraction of sp³-hybridized carbons (Fsp3) is 0.214. The molecule has 1 aliphatic heterocycles. The Kier molecular flexibility index (Phi) is 3.73. The van der Waals surface area contributed by atoms with Crippen molar-refractivity contribution < 1.29 is 0 Å². The molecule has 0 unspecified atom stereocenters. The average Bonchev–Trinajstić information content (AvgIpc) is 2.25. The first-order valence-corrected chi connectivity index (χ1v) is 6.49. The maximum Gasteiger partial charge on any atom is 0.171 e. The van der Waals surface area contributed by atoms with Crippen molar-refractivity contribution in [3.05, 3.63) is 52.7 Å². The largest absolute Gasteiger partial charge is 0.354 e. The third-order valence-electron chi connectivity index (χ3n) is 2.56. The number of benzene rings is 1. The first kappa shape index (κ1) is 13.1. The van der Waals surface area contributed by atoms with Crippen LogP contribution in [0, 0.1) is 0 Å². The van der Waals surface area contributed by atoms with Crippen LogP contribution in [-0.2, 0) is 0 Å². The summed E-state index contributed by atoms with van der Waals surface area (Å²) in [6.45, 7) is 4.15. The van der Waals surface area contributed by atoms with E-state index in [1.165, 1.54) is 0 Å². The van der Waals surface area contributed by atoms with Crippen LogP contribution in [0.25, 0.3) is 6.08 Å². The van der Waals surface area contributed by atoms with Crippen molar-refractivity contribution in [2.45, 2.75) is 19.4 Å². The number of halogens is 1. The van der Waals surface area contributed by atoms with Crippen LogP contribution in [0.3, 0.4) is 0 Å². The van der Waals surface area contributed by atoms with E-state index < -0.39 is 0 Å². The molecular weight excluding hydrogens is 264 g/mol. The van der Waals surface area contributed by atoms with Gasteiger partial charge in [-0.3, -0.25) is 0 Å². The summed E-state index contributed by atoms with van der Waals surface area (Å²) in [5.74, 6) is 0. The van der Waals surface area contributed by atoms with E-state index in [1.54, 1.807) is 0 Å². The number of thiocarbonyl (C=S) groups is 1. The molecule has 0 fully saturated rings. The van der Waals surface area contributed by atoms with Gasteiger partial charge in [-0.25, -0.2) is 0 Å². The second kappa shape index (κ2) is 5.12. The van der Waals surface area contributed by atoms with Gasteiger partial charge in [0.05, 0.1) is 5.54 Å². The van der Waals surface area contributed by atoms with Crippen LogP contribution in [-0.4, -0.2) is 10.7 Å². The summed E-state index contributed by atoms with van der Waals surface area (Å²) in [4.78, 5) is 0. The topological polar surface area (TPSA) is 24.1 Å². The molecule has 0 saturated heterocycles. The van der Waals surface area contributed by atoms with Crippen LogP contribution >= 0.6 is 23.8 Å². The van der Waals surface area contributed by atoms with Crippen LogP contribution in [0.4, 0.5) is 0 Å². The van der Waals surface area contributed by atoms with E-state index in [-0.39, 0.29) is 5.54 Å². The van der Waals surface area contributed by atoms with Crippen LogP contribution in [0.1, 0.15) is 19.4 Å². The van der Waals surface area contributed by atoms with Crippen molar-refractivity contribution in [1.29, 1.82) is 0 Å². The number of hydrogen-bond donors (Lipinski definition) is 2. The summed E-state index contributed by atoms with van der Waals surface area (Å²) in [5, 5.41) is 7.67. The predicted octanol–water partition coefficient (Wildman–Crippen LogP) is 3.49. The summed E-state index contributed by atoms with van der Waals surface area (Å²) >= 11 is 11.3. The molecule has 94 valence electrons. The summed E-state index contributed by atoms with van der Waals surface area (Å²) in [6, 6.07) is 7.73. The van der Waals surface area contributed by atoms with Crippen LogP contribution in [0.5, 0.6) is 0 Å². The lowest BCUT2D eigenvalue weighted by Gasteiger charge is -2.30. The summed E-state index contributed by atoms with van der Waals surface area (Å²) in [7, 11) is 0. The van der Waals surface area contributed by atoms with Gasteiger partial charge >= 0.3 is 0 Å². The van der Waals surface area contributed by atoms with E-state index in [4.69, 9.17) is 23.8 Å². The molecule has 2 nitrogen and oxygen atoms in total. The Morgan fingerprint density at radius 3 is 2.61 bits per heavy atom. The molecule has 1 aromatic rings. The number of rotatable bonds is 2. The van der Waals surface area contributed by atoms with E-state index in [2.05, 4.69) is 30.6 Å². The van der Waals surface area contributed by atoms with E-state index in [0.29, 0.717) is 5.11 Å². The van der Waals surface area contributed by atoms with Crippen molar-refractivity contribution in [1.82, 2.24) is 10.6 Å². The Morgan fingerprint density at radius 1 is 1.22 bits per heavy atom. The third kappa shape index (κ3) is 3.34. The fourth-order valence-corrected chi connectivity index (χ4v) is 2.38. The smallest absolute Gasteiger partial charge is 0.171 e. The van der Waals surface area contributed by atoms with E-state index in [9.17, 15) is 0 Å². The van der Waals surface area contributed by atoms with Gasteiger partial charge in [-0.1, -0.05) is 35.9 Å². The molecule has 0 aliphatic carbocycles. The van der Waals surface area contributed by atoms with Gasteiger partial charge < -0.3 is 10.6 Å². The van der Waals surface area contributed by atoms with Gasteiger partial charge in [0.1, 0.15) is 0 Å². The van der Waals surface area contributed by atoms with Crippen LogP contribution < -0.4 is 10.6 Å². The number of hydrogen-bond acceptors (Lipinski definition) is 1. The molecule has 1 aliphatic rings. The minimum absolute atomic E-state index is 0.136. The zero-order chi connectivity index (χ0) is 13.2. The maximum atomic E-state index is 6.10. The predicted molar refractivity (Wildman–Crippen MR) is 81.5 cm³/mol. The van der Waals surface area contributed by atoms with Crippen molar-refractivity contribution in [3.8, 4) is 0 Å². The molecule has 0 saturated carbocycles. The molecule has 0 atom stereocenters. The molecule has 18 heavy (non-hydrogen) atoms. The van der Waals surface area contributed by atoms with Gasteiger partial charge in [-0.05, 0) is 49.8 Å². The summed E-state index contributed by atoms with van der Waals surface area (Å²) in [5.41, 5.74) is 1.83. The Morgan fingerprint density at radius 2 is 1.94 bits per heavy atom. The minimum atomic E-state index is -0.136. The molecule has 4 heteroatoms. The van der Waals surface area contributed by atoms with Crippen molar-refractivity contribution >= 4 is 35.0 Å². The number of nitrogens with one attached hydrogen (secondary N) is 2. The molecule has 0 bridgehead atoms. The molecule has 2 rings (SSSR count).